The molecule has 0 unspecified atom stereocenters. The minimum absolute atomic E-state index is 0.0809. The van der Waals surface area contributed by atoms with Gasteiger partial charge in [-0.2, -0.15) is 15.1 Å². The molecular formula is C7H7N5O2. The highest BCUT2D eigenvalue weighted by molar-refractivity contribution is 5.93. The lowest BCUT2D eigenvalue weighted by atomic mass is 10.3. The topological polar surface area (TPSA) is 95.4 Å². The van der Waals surface area contributed by atoms with Gasteiger partial charge in [-0.1, -0.05) is 0 Å². The van der Waals surface area contributed by atoms with Crippen molar-refractivity contribution in [1.82, 2.24) is 19.6 Å². The number of esters is 1. The van der Waals surface area contributed by atoms with E-state index in [9.17, 15) is 4.79 Å². The molecule has 2 aromatic heterocycles. The Morgan fingerprint density at radius 3 is 3.14 bits per heavy atom. The molecule has 0 atom stereocenters. The second-order valence-corrected chi connectivity index (χ2v) is 2.54. The van der Waals surface area contributed by atoms with Crippen LogP contribution in [0, 0.1) is 0 Å². The molecule has 0 aromatic carbocycles. The molecule has 0 aliphatic heterocycles. The van der Waals surface area contributed by atoms with Crippen LogP contribution in [0.15, 0.2) is 12.5 Å². The van der Waals surface area contributed by atoms with E-state index in [0.717, 1.165) is 0 Å². The number of carbonyl (C=O) groups excluding carboxylic acids is 1. The molecule has 0 saturated carbocycles. The molecule has 0 aliphatic rings. The Morgan fingerprint density at radius 1 is 1.64 bits per heavy atom. The Balaban J connectivity index is 2.64. The highest BCUT2D eigenvalue weighted by Crippen LogP contribution is 2.09. The molecule has 14 heavy (non-hydrogen) atoms. The van der Waals surface area contributed by atoms with Gasteiger partial charge in [0.25, 0.3) is 5.78 Å². The molecule has 0 spiro atoms. The average molecular weight is 193 g/mol. The first-order valence-electron chi connectivity index (χ1n) is 3.76. The molecule has 7 heteroatoms. The first-order valence-corrected chi connectivity index (χ1v) is 3.76. The van der Waals surface area contributed by atoms with Gasteiger partial charge in [-0.05, 0) is 0 Å². The van der Waals surface area contributed by atoms with Crippen LogP contribution >= 0.6 is 0 Å². The van der Waals surface area contributed by atoms with E-state index in [1.165, 1.54) is 24.1 Å². The monoisotopic (exact) mass is 193 g/mol. The van der Waals surface area contributed by atoms with Crippen LogP contribution in [0.4, 0.5) is 5.82 Å². The second-order valence-electron chi connectivity index (χ2n) is 2.54. The highest BCUT2D eigenvalue weighted by Gasteiger charge is 2.13. The Labute approximate surface area is 78.5 Å². The van der Waals surface area contributed by atoms with Crippen molar-refractivity contribution in [3.8, 4) is 0 Å². The molecule has 0 radical (unpaired) electrons. The summed E-state index contributed by atoms with van der Waals surface area (Å²) in [5, 5.41) is 3.82. The minimum Gasteiger partial charge on any atom is -0.465 e. The van der Waals surface area contributed by atoms with Gasteiger partial charge in [0.1, 0.15) is 17.7 Å². The fraction of sp³-hybridized carbons (Fsp3) is 0.143. The lowest BCUT2D eigenvalue weighted by Crippen LogP contribution is -2.09. The molecule has 72 valence electrons. The Morgan fingerprint density at radius 2 is 2.43 bits per heavy atom. The maximum atomic E-state index is 11.2. The van der Waals surface area contributed by atoms with Gasteiger partial charge >= 0.3 is 5.97 Å². The highest BCUT2D eigenvalue weighted by atomic mass is 16.5. The third kappa shape index (κ3) is 1.15. The number of ether oxygens (including phenoxy) is 1. The first kappa shape index (κ1) is 8.42. The van der Waals surface area contributed by atoms with Crippen LogP contribution in [0.25, 0.3) is 5.78 Å². The van der Waals surface area contributed by atoms with Crippen molar-refractivity contribution >= 4 is 17.6 Å². The van der Waals surface area contributed by atoms with Crippen molar-refractivity contribution in [2.45, 2.75) is 0 Å². The van der Waals surface area contributed by atoms with Gasteiger partial charge < -0.3 is 10.5 Å². The molecule has 2 rings (SSSR count). The quantitative estimate of drug-likeness (QED) is 0.613. The van der Waals surface area contributed by atoms with Crippen molar-refractivity contribution in [2.75, 3.05) is 12.8 Å². The van der Waals surface area contributed by atoms with E-state index in [2.05, 4.69) is 19.8 Å². The standard InChI is InChI=1S/C7H7N5O2/c1-14-6(13)4-2-12-7(9-3-10-12)11-5(4)8/h2-3H,1H3,(H2,8,9,10,11). The zero-order chi connectivity index (χ0) is 10.1. The normalized spacial score (nSPS) is 10.4. The van der Waals surface area contributed by atoms with Gasteiger partial charge in [0.15, 0.2) is 0 Å². The van der Waals surface area contributed by atoms with E-state index in [1.807, 2.05) is 0 Å². The van der Waals surface area contributed by atoms with Crippen molar-refractivity contribution in [3.05, 3.63) is 18.1 Å². The molecule has 0 saturated heterocycles. The Hall–Kier alpha value is -2.18. The molecule has 0 aliphatic carbocycles. The summed E-state index contributed by atoms with van der Waals surface area (Å²) in [6.45, 7) is 0. The third-order valence-corrected chi connectivity index (χ3v) is 1.71. The molecule has 2 heterocycles. The largest absolute Gasteiger partial charge is 0.465 e. The molecular weight excluding hydrogens is 186 g/mol. The number of nitrogen functional groups attached to an aromatic ring is 1. The first-order chi connectivity index (χ1) is 6.72. The number of anilines is 1. The molecule has 0 amide bonds. The van der Waals surface area contributed by atoms with Crippen LogP contribution in [-0.2, 0) is 4.74 Å². The fourth-order valence-electron chi connectivity index (χ4n) is 1.04. The molecule has 2 aromatic rings. The molecule has 7 nitrogen and oxygen atoms in total. The number of hydrogen-bond donors (Lipinski definition) is 1. The number of methoxy groups -OCH3 is 1. The SMILES string of the molecule is COC(=O)c1cn2ncnc2nc1N. The molecule has 2 N–H and O–H groups in total. The summed E-state index contributed by atoms with van der Waals surface area (Å²) in [7, 11) is 1.27. The number of carbonyl (C=O) groups is 1. The summed E-state index contributed by atoms with van der Waals surface area (Å²) in [6.07, 6.45) is 2.75. The summed E-state index contributed by atoms with van der Waals surface area (Å²) in [4.78, 5) is 18.9. The zero-order valence-corrected chi connectivity index (χ0v) is 7.34. The molecule has 0 fully saturated rings. The smallest absolute Gasteiger partial charge is 0.343 e. The maximum Gasteiger partial charge on any atom is 0.343 e. The van der Waals surface area contributed by atoms with Crippen LogP contribution in [0.3, 0.4) is 0 Å². The fourth-order valence-corrected chi connectivity index (χ4v) is 1.04. The number of nitrogens with zero attached hydrogens (tertiary/aromatic N) is 4. The van der Waals surface area contributed by atoms with Gasteiger partial charge in [-0.15, -0.1) is 0 Å². The lowest BCUT2D eigenvalue weighted by Gasteiger charge is -2.01. The van der Waals surface area contributed by atoms with E-state index >= 15 is 0 Å². The van der Waals surface area contributed by atoms with Crippen molar-refractivity contribution in [2.24, 2.45) is 0 Å². The summed E-state index contributed by atoms with van der Waals surface area (Å²) < 4.78 is 5.87. The third-order valence-electron chi connectivity index (χ3n) is 1.71. The van der Waals surface area contributed by atoms with Crippen LogP contribution in [0.1, 0.15) is 10.4 Å². The summed E-state index contributed by atoms with van der Waals surface area (Å²) >= 11 is 0. The number of aromatic nitrogens is 4. The van der Waals surface area contributed by atoms with E-state index in [1.54, 1.807) is 0 Å². The van der Waals surface area contributed by atoms with Crippen LogP contribution in [0.5, 0.6) is 0 Å². The van der Waals surface area contributed by atoms with Crippen molar-refractivity contribution in [3.63, 3.8) is 0 Å². The average Bonchev–Trinajstić information content (AvgIpc) is 2.62. The lowest BCUT2D eigenvalue weighted by molar-refractivity contribution is 0.0601. The van der Waals surface area contributed by atoms with E-state index < -0.39 is 5.97 Å². The maximum absolute atomic E-state index is 11.2. The van der Waals surface area contributed by atoms with Gasteiger partial charge in [-0.25, -0.2) is 9.31 Å². The van der Waals surface area contributed by atoms with Gasteiger partial charge in [0.05, 0.1) is 13.3 Å². The van der Waals surface area contributed by atoms with E-state index in [-0.39, 0.29) is 11.4 Å². The van der Waals surface area contributed by atoms with Crippen LogP contribution < -0.4 is 5.73 Å². The van der Waals surface area contributed by atoms with E-state index in [4.69, 9.17) is 5.73 Å². The van der Waals surface area contributed by atoms with Crippen LogP contribution in [-0.4, -0.2) is 32.7 Å². The number of hydrogen-bond acceptors (Lipinski definition) is 6. The number of nitrogens with two attached hydrogens (primary N) is 1. The minimum atomic E-state index is -0.549. The van der Waals surface area contributed by atoms with Crippen molar-refractivity contribution in [1.29, 1.82) is 0 Å². The number of fused-ring (bicyclic) bond motifs is 1. The Kier molecular flexibility index (Phi) is 1.77. The van der Waals surface area contributed by atoms with Gasteiger partial charge in [0.2, 0.25) is 0 Å². The summed E-state index contributed by atoms with van der Waals surface area (Å²) in [6, 6.07) is 0. The predicted octanol–water partition coefficient (Wildman–Crippen LogP) is -0.507. The molecule has 0 bridgehead atoms. The van der Waals surface area contributed by atoms with Crippen LogP contribution in [0.2, 0.25) is 0 Å². The second kappa shape index (κ2) is 2.95. The van der Waals surface area contributed by atoms with Crippen molar-refractivity contribution < 1.29 is 9.53 Å². The summed E-state index contributed by atoms with van der Waals surface area (Å²) in [5.74, 6) is -0.125. The summed E-state index contributed by atoms with van der Waals surface area (Å²) in [5.41, 5.74) is 5.70. The zero-order valence-electron chi connectivity index (χ0n) is 7.34. The Bertz CT molecular complexity index is 492. The van der Waals surface area contributed by atoms with E-state index in [0.29, 0.717) is 5.78 Å². The van der Waals surface area contributed by atoms with Gasteiger partial charge in [0, 0.05) is 0 Å². The van der Waals surface area contributed by atoms with Gasteiger partial charge in [-0.3, -0.25) is 0 Å². The number of rotatable bonds is 1. The predicted molar refractivity (Wildman–Crippen MR) is 46.5 cm³/mol.